The maximum absolute atomic E-state index is 6.30. The van der Waals surface area contributed by atoms with E-state index in [1.54, 1.807) is 6.33 Å². The summed E-state index contributed by atoms with van der Waals surface area (Å²) < 4.78 is 0. The number of rotatable bonds is 1. The van der Waals surface area contributed by atoms with Gasteiger partial charge in [0.25, 0.3) is 0 Å². The van der Waals surface area contributed by atoms with Crippen LogP contribution < -0.4 is 4.90 Å². The normalized spacial score (nSPS) is 28.0. The highest BCUT2D eigenvalue weighted by atomic mass is 35.5. The van der Waals surface area contributed by atoms with E-state index in [1.165, 1.54) is 29.9 Å². The zero-order chi connectivity index (χ0) is 12.5. The molecule has 1 saturated heterocycles. The number of halogens is 1. The Labute approximate surface area is 114 Å². The number of aryl methyl sites for hydroxylation is 1. The van der Waals surface area contributed by atoms with E-state index in [1.807, 2.05) is 0 Å². The molecule has 1 aromatic rings. The molecule has 2 atom stereocenters. The van der Waals surface area contributed by atoms with Gasteiger partial charge in [-0.15, -0.1) is 11.6 Å². The van der Waals surface area contributed by atoms with Gasteiger partial charge < -0.3 is 4.90 Å². The standard InChI is InChI=1S/C14H20ClN3/c1-10-8-18(7-6-12(10)15)14-11-4-2-3-5-13(11)16-9-17-14/h9-10,12H,2-8H2,1H3. The summed E-state index contributed by atoms with van der Waals surface area (Å²) in [4.78, 5) is 11.4. The Morgan fingerprint density at radius 1 is 1.28 bits per heavy atom. The monoisotopic (exact) mass is 265 g/mol. The lowest BCUT2D eigenvalue weighted by atomic mass is 9.94. The number of piperidine rings is 1. The van der Waals surface area contributed by atoms with Gasteiger partial charge in [-0.1, -0.05) is 6.92 Å². The SMILES string of the molecule is CC1CN(c2ncnc3c2CCCC3)CCC1Cl. The Kier molecular flexibility index (Phi) is 3.42. The molecule has 4 heteroatoms. The summed E-state index contributed by atoms with van der Waals surface area (Å²) in [6, 6.07) is 0. The Bertz CT molecular complexity index is 435. The van der Waals surface area contributed by atoms with Crippen molar-refractivity contribution in [2.24, 2.45) is 5.92 Å². The number of aromatic nitrogens is 2. The highest BCUT2D eigenvalue weighted by molar-refractivity contribution is 6.20. The Morgan fingerprint density at radius 3 is 2.94 bits per heavy atom. The number of anilines is 1. The molecule has 0 bridgehead atoms. The summed E-state index contributed by atoms with van der Waals surface area (Å²) in [7, 11) is 0. The van der Waals surface area contributed by atoms with Crippen LogP contribution in [0.25, 0.3) is 0 Å². The molecule has 3 nitrogen and oxygen atoms in total. The maximum Gasteiger partial charge on any atom is 0.135 e. The lowest BCUT2D eigenvalue weighted by Gasteiger charge is -2.36. The topological polar surface area (TPSA) is 29.0 Å². The summed E-state index contributed by atoms with van der Waals surface area (Å²) >= 11 is 6.30. The summed E-state index contributed by atoms with van der Waals surface area (Å²) in [5.74, 6) is 1.71. The van der Waals surface area contributed by atoms with Crippen molar-refractivity contribution in [3.63, 3.8) is 0 Å². The average Bonchev–Trinajstić information content (AvgIpc) is 2.41. The molecule has 1 aliphatic carbocycles. The molecule has 2 heterocycles. The molecule has 1 aliphatic heterocycles. The van der Waals surface area contributed by atoms with Crippen LogP contribution in [0.2, 0.25) is 0 Å². The minimum absolute atomic E-state index is 0.318. The molecule has 0 N–H and O–H groups in total. The fraction of sp³-hybridized carbons (Fsp3) is 0.714. The smallest absolute Gasteiger partial charge is 0.135 e. The third-order valence-corrected chi connectivity index (χ3v) is 4.85. The van der Waals surface area contributed by atoms with Gasteiger partial charge in [0.2, 0.25) is 0 Å². The van der Waals surface area contributed by atoms with Gasteiger partial charge in [0.15, 0.2) is 0 Å². The minimum Gasteiger partial charge on any atom is -0.356 e. The summed E-state index contributed by atoms with van der Waals surface area (Å²) in [6.45, 7) is 4.29. The highest BCUT2D eigenvalue weighted by Crippen LogP contribution is 2.31. The zero-order valence-corrected chi connectivity index (χ0v) is 11.7. The van der Waals surface area contributed by atoms with Crippen LogP contribution in [-0.2, 0) is 12.8 Å². The number of hydrogen-bond donors (Lipinski definition) is 0. The molecular formula is C14H20ClN3. The Balaban J connectivity index is 1.88. The van der Waals surface area contributed by atoms with Gasteiger partial charge in [0.1, 0.15) is 12.1 Å². The van der Waals surface area contributed by atoms with Crippen LogP contribution in [0.4, 0.5) is 5.82 Å². The second-order valence-electron chi connectivity index (χ2n) is 5.56. The first-order valence-electron chi connectivity index (χ1n) is 6.97. The van der Waals surface area contributed by atoms with E-state index in [9.17, 15) is 0 Å². The quantitative estimate of drug-likeness (QED) is 0.731. The van der Waals surface area contributed by atoms with Crippen molar-refractivity contribution in [3.05, 3.63) is 17.6 Å². The fourth-order valence-corrected chi connectivity index (χ4v) is 3.26. The number of fused-ring (bicyclic) bond motifs is 1. The molecule has 2 unspecified atom stereocenters. The summed E-state index contributed by atoms with van der Waals surface area (Å²) in [5, 5.41) is 0.318. The first-order valence-corrected chi connectivity index (χ1v) is 7.41. The van der Waals surface area contributed by atoms with Crippen molar-refractivity contribution in [3.8, 4) is 0 Å². The molecule has 0 saturated carbocycles. The summed E-state index contributed by atoms with van der Waals surface area (Å²) in [5.41, 5.74) is 2.66. The third kappa shape index (κ3) is 2.20. The van der Waals surface area contributed by atoms with Gasteiger partial charge >= 0.3 is 0 Å². The number of nitrogens with zero attached hydrogens (tertiary/aromatic N) is 3. The van der Waals surface area contributed by atoms with Crippen molar-refractivity contribution in [2.45, 2.75) is 44.4 Å². The Morgan fingerprint density at radius 2 is 2.11 bits per heavy atom. The van der Waals surface area contributed by atoms with Gasteiger partial charge in [-0.2, -0.15) is 0 Å². The largest absolute Gasteiger partial charge is 0.356 e. The zero-order valence-electron chi connectivity index (χ0n) is 10.9. The van der Waals surface area contributed by atoms with Crippen LogP contribution in [0.5, 0.6) is 0 Å². The maximum atomic E-state index is 6.30. The van der Waals surface area contributed by atoms with E-state index in [4.69, 9.17) is 11.6 Å². The molecule has 98 valence electrons. The predicted molar refractivity (Wildman–Crippen MR) is 74.3 cm³/mol. The van der Waals surface area contributed by atoms with Crippen molar-refractivity contribution in [1.29, 1.82) is 0 Å². The van der Waals surface area contributed by atoms with Gasteiger partial charge in [-0.25, -0.2) is 9.97 Å². The molecule has 0 radical (unpaired) electrons. The van der Waals surface area contributed by atoms with E-state index < -0.39 is 0 Å². The first-order chi connectivity index (χ1) is 8.75. The van der Waals surface area contributed by atoms with E-state index in [2.05, 4.69) is 21.8 Å². The Hall–Kier alpha value is -0.830. The van der Waals surface area contributed by atoms with Gasteiger partial charge in [-0.3, -0.25) is 0 Å². The van der Waals surface area contributed by atoms with E-state index >= 15 is 0 Å². The van der Waals surface area contributed by atoms with Crippen LogP contribution in [-0.4, -0.2) is 28.4 Å². The molecule has 2 aliphatic rings. The molecule has 1 fully saturated rings. The second kappa shape index (κ2) is 5.04. The van der Waals surface area contributed by atoms with Crippen LogP contribution >= 0.6 is 11.6 Å². The van der Waals surface area contributed by atoms with Crippen molar-refractivity contribution < 1.29 is 0 Å². The second-order valence-corrected chi connectivity index (χ2v) is 6.12. The molecule has 3 rings (SSSR count). The van der Waals surface area contributed by atoms with Crippen LogP contribution in [0, 0.1) is 5.92 Å². The van der Waals surface area contributed by atoms with Crippen LogP contribution in [0.15, 0.2) is 6.33 Å². The highest BCUT2D eigenvalue weighted by Gasteiger charge is 2.27. The lowest BCUT2D eigenvalue weighted by molar-refractivity contribution is 0.450. The van der Waals surface area contributed by atoms with Crippen molar-refractivity contribution in [1.82, 2.24) is 9.97 Å². The minimum atomic E-state index is 0.318. The van der Waals surface area contributed by atoms with Gasteiger partial charge in [0, 0.05) is 29.7 Å². The van der Waals surface area contributed by atoms with Crippen LogP contribution in [0.3, 0.4) is 0 Å². The molecule has 1 aromatic heterocycles. The van der Waals surface area contributed by atoms with Crippen molar-refractivity contribution in [2.75, 3.05) is 18.0 Å². The predicted octanol–water partition coefficient (Wildman–Crippen LogP) is 2.81. The van der Waals surface area contributed by atoms with Gasteiger partial charge in [0.05, 0.1) is 0 Å². The molecule has 0 spiro atoms. The first kappa shape index (κ1) is 12.2. The van der Waals surface area contributed by atoms with Crippen molar-refractivity contribution >= 4 is 17.4 Å². The van der Waals surface area contributed by atoms with Crippen LogP contribution in [0.1, 0.15) is 37.4 Å². The average molecular weight is 266 g/mol. The molecule has 18 heavy (non-hydrogen) atoms. The van der Waals surface area contributed by atoms with E-state index in [-0.39, 0.29) is 0 Å². The fourth-order valence-electron chi connectivity index (χ4n) is 3.09. The summed E-state index contributed by atoms with van der Waals surface area (Å²) in [6.07, 6.45) is 7.59. The lowest BCUT2D eigenvalue weighted by Crippen LogP contribution is -2.41. The van der Waals surface area contributed by atoms with E-state index in [0.29, 0.717) is 11.3 Å². The number of hydrogen-bond acceptors (Lipinski definition) is 3. The van der Waals surface area contributed by atoms with E-state index in [0.717, 1.165) is 32.4 Å². The number of alkyl halides is 1. The van der Waals surface area contributed by atoms with Gasteiger partial charge in [-0.05, 0) is 38.0 Å². The molecule has 0 amide bonds. The molecule has 0 aromatic carbocycles. The molecular weight excluding hydrogens is 246 g/mol. The third-order valence-electron chi connectivity index (χ3n) is 4.20.